The van der Waals surface area contributed by atoms with Crippen LogP contribution in [0.5, 0.6) is 0 Å². The Hall–Kier alpha value is -2.22. The summed E-state index contributed by atoms with van der Waals surface area (Å²) in [6.45, 7) is -0.243. The average Bonchev–Trinajstić information content (AvgIpc) is 3.00. The molecule has 2 aromatic heterocycles. The van der Waals surface area contributed by atoms with E-state index >= 15 is 0 Å². The van der Waals surface area contributed by atoms with E-state index in [2.05, 4.69) is 10.2 Å². The highest BCUT2D eigenvalue weighted by Crippen LogP contribution is 2.27. The van der Waals surface area contributed by atoms with E-state index in [0.29, 0.717) is 18.2 Å². The van der Waals surface area contributed by atoms with Gasteiger partial charge >= 0.3 is 5.97 Å². The number of aryl methyl sites for hydroxylation is 1. The van der Waals surface area contributed by atoms with Gasteiger partial charge in [-0.2, -0.15) is 11.3 Å². The number of aliphatic carboxylic acids is 1. The summed E-state index contributed by atoms with van der Waals surface area (Å²) >= 11 is 1.54. The fourth-order valence-electron chi connectivity index (χ4n) is 2.17. The molecule has 0 radical (unpaired) electrons. The van der Waals surface area contributed by atoms with Crippen molar-refractivity contribution in [2.24, 2.45) is 0 Å². The van der Waals surface area contributed by atoms with Crippen LogP contribution >= 0.6 is 11.3 Å². The lowest BCUT2D eigenvalue weighted by atomic mass is 10.2. The Kier molecular flexibility index (Phi) is 4.19. The van der Waals surface area contributed by atoms with Crippen molar-refractivity contribution in [3.8, 4) is 11.5 Å². The van der Waals surface area contributed by atoms with E-state index in [0.717, 1.165) is 18.4 Å². The summed E-state index contributed by atoms with van der Waals surface area (Å²) in [5, 5.41) is 20.6. The van der Waals surface area contributed by atoms with Crippen molar-refractivity contribution in [3.63, 3.8) is 0 Å². The van der Waals surface area contributed by atoms with E-state index in [1.54, 1.807) is 0 Å². The lowest BCUT2D eigenvalue weighted by Crippen LogP contribution is -2.37. The summed E-state index contributed by atoms with van der Waals surface area (Å²) in [4.78, 5) is 24.4. The molecule has 2 heterocycles. The summed E-state index contributed by atoms with van der Waals surface area (Å²) in [5.41, 5.74) is 0.862. The molecule has 7 nitrogen and oxygen atoms in total. The smallest absolute Gasteiger partial charge is 0.323 e. The second kappa shape index (κ2) is 6.27. The highest BCUT2D eigenvalue weighted by molar-refractivity contribution is 7.08. The van der Waals surface area contributed by atoms with Crippen LogP contribution in [0, 0.1) is 0 Å². The molecule has 0 aromatic carbocycles. The zero-order valence-electron chi connectivity index (χ0n) is 11.8. The lowest BCUT2D eigenvalue weighted by molar-refractivity contribution is -0.144. The molecule has 1 aliphatic carbocycles. The monoisotopic (exact) mass is 321 g/mol. The summed E-state index contributed by atoms with van der Waals surface area (Å²) in [6.07, 6.45) is 2.25. The number of carbonyl (C=O) groups excluding carboxylic acids is 1. The first-order valence-electron chi connectivity index (χ1n) is 6.99. The molecular weight excluding hydrogens is 306 g/mol. The quantitative estimate of drug-likeness (QED) is 0.835. The second-order valence-electron chi connectivity index (χ2n) is 5.16. The van der Waals surface area contributed by atoms with Crippen LogP contribution in [0.3, 0.4) is 0 Å². The maximum atomic E-state index is 12.1. The van der Waals surface area contributed by atoms with Gasteiger partial charge in [-0.3, -0.25) is 9.59 Å². The zero-order chi connectivity index (χ0) is 15.5. The number of carboxylic acid groups (broad SMARTS) is 1. The summed E-state index contributed by atoms with van der Waals surface area (Å²) in [6, 6.07) is 1.96. The SMILES string of the molecule is O=C(O)CN(C(=O)CCc1nnc(-c2ccsc2)o1)C1CC1. The van der Waals surface area contributed by atoms with Gasteiger partial charge in [0.05, 0.1) is 0 Å². The normalized spacial score (nSPS) is 14.0. The molecule has 0 bridgehead atoms. The molecule has 2 aromatic rings. The maximum absolute atomic E-state index is 12.1. The number of amides is 1. The maximum Gasteiger partial charge on any atom is 0.323 e. The fourth-order valence-corrected chi connectivity index (χ4v) is 2.80. The highest BCUT2D eigenvalue weighted by atomic mass is 32.1. The van der Waals surface area contributed by atoms with Crippen LogP contribution in [-0.4, -0.2) is 44.7 Å². The molecule has 8 heteroatoms. The van der Waals surface area contributed by atoms with E-state index in [-0.39, 0.29) is 24.9 Å². The predicted molar refractivity (Wildman–Crippen MR) is 78.3 cm³/mol. The number of nitrogens with zero attached hydrogens (tertiary/aromatic N) is 3. The van der Waals surface area contributed by atoms with Gasteiger partial charge in [-0.1, -0.05) is 0 Å². The van der Waals surface area contributed by atoms with Gasteiger partial charge in [0.25, 0.3) is 0 Å². The minimum absolute atomic E-state index is 0.0765. The van der Waals surface area contributed by atoms with Crippen LogP contribution in [0.15, 0.2) is 21.2 Å². The van der Waals surface area contributed by atoms with E-state index in [1.165, 1.54) is 16.2 Å². The van der Waals surface area contributed by atoms with Crippen LogP contribution in [0.2, 0.25) is 0 Å². The van der Waals surface area contributed by atoms with Gasteiger partial charge in [0, 0.05) is 29.8 Å². The third-order valence-electron chi connectivity index (χ3n) is 3.40. The fraction of sp³-hybridized carbons (Fsp3) is 0.429. The molecular formula is C14H15N3O4S. The Balaban J connectivity index is 1.57. The molecule has 1 aliphatic rings. The van der Waals surface area contributed by atoms with Crippen molar-refractivity contribution < 1.29 is 19.1 Å². The Morgan fingerprint density at radius 2 is 2.23 bits per heavy atom. The molecule has 1 amide bonds. The number of hydrogen-bond acceptors (Lipinski definition) is 6. The topological polar surface area (TPSA) is 96.5 Å². The first-order chi connectivity index (χ1) is 10.6. The van der Waals surface area contributed by atoms with E-state index in [4.69, 9.17) is 9.52 Å². The number of carboxylic acids is 1. The van der Waals surface area contributed by atoms with Gasteiger partial charge in [-0.25, -0.2) is 0 Å². The minimum Gasteiger partial charge on any atom is -0.480 e. The van der Waals surface area contributed by atoms with Crippen LogP contribution in [0.4, 0.5) is 0 Å². The van der Waals surface area contributed by atoms with Gasteiger partial charge in [0.2, 0.25) is 17.7 Å². The molecule has 0 aliphatic heterocycles. The molecule has 116 valence electrons. The molecule has 0 spiro atoms. The standard InChI is InChI=1S/C14H15N3O4S/c18-12(17(7-13(19)20)10-1-2-10)4-3-11-15-16-14(21-11)9-5-6-22-8-9/h5-6,8,10H,1-4,7H2,(H,19,20). The third kappa shape index (κ3) is 3.51. The van der Waals surface area contributed by atoms with Gasteiger partial charge < -0.3 is 14.4 Å². The molecule has 1 N–H and O–H groups in total. The number of aromatic nitrogens is 2. The van der Waals surface area contributed by atoms with Crippen LogP contribution < -0.4 is 0 Å². The second-order valence-corrected chi connectivity index (χ2v) is 5.94. The van der Waals surface area contributed by atoms with Crippen molar-refractivity contribution in [1.29, 1.82) is 0 Å². The van der Waals surface area contributed by atoms with E-state index in [1.807, 2.05) is 16.8 Å². The molecule has 1 fully saturated rings. The van der Waals surface area contributed by atoms with Crippen molar-refractivity contribution in [3.05, 3.63) is 22.7 Å². The first kappa shape index (κ1) is 14.7. The number of carbonyl (C=O) groups is 2. The van der Waals surface area contributed by atoms with Gasteiger partial charge in [0.15, 0.2) is 0 Å². The van der Waals surface area contributed by atoms with Gasteiger partial charge in [-0.15, -0.1) is 10.2 Å². The van der Waals surface area contributed by atoms with Gasteiger partial charge in [0.1, 0.15) is 6.54 Å². The average molecular weight is 321 g/mol. The highest BCUT2D eigenvalue weighted by Gasteiger charge is 2.33. The number of hydrogen-bond donors (Lipinski definition) is 1. The molecule has 3 rings (SSSR count). The number of thiophene rings is 1. The Morgan fingerprint density at radius 3 is 2.86 bits per heavy atom. The largest absolute Gasteiger partial charge is 0.480 e. The van der Waals surface area contributed by atoms with Crippen LogP contribution in [0.1, 0.15) is 25.2 Å². The molecule has 22 heavy (non-hydrogen) atoms. The number of rotatable bonds is 7. The van der Waals surface area contributed by atoms with Crippen molar-refractivity contribution in [2.75, 3.05) is 6.54 Å². The van der Waals surface area contributed by atoms with E-state index in [9.17, 15) is 9.59 Å². The summed E-state index contributed by atoms with van der Waals surface area (Å²) < 4.78 is 5.51. The van der Waals surface area contributed by atoms with Gasteiger partial charge in [-0.05, 0) is 24.3 Å². The third-order valence-corrected chi connectivity index (χ3v) is 4.08. The van der Waals surface area contributed by atoms with E-state index < -0.39 is 5.97 Å². The Morgan fingerprint density at radius 1 is 1.41 bits per heavy atom. The lowest BCUT2D eigenvalue weighted by Gasteiger charge is -2.19. The van der Waals surface area contributed by atoms with Crippen molar-refractivity contribution in [2.45, 2.75) is 31.7 Å². The molecule has 0 atom stereocenters. The summed E-state index contributed by atoms with van der Waals surface area (Å²) in [5.74, 6) is -0.341. The summed E-state index contributed by atoms with van der Waals surface area (Å²) in [7, 11) is 0. The Bertz CT molecular complexity index is 663. The van der Waals surface area contributed by atoms with Crippen molar-refractivity contribution >= 4 is 23.2 Å². The minimum atomic E-state index is -0.988. The molecule has 0 unspecified atom stereocenters. The molecule has 0 saturated heterocycles. The Labute approximate surface area is 130 Å². The first-order valence-corrected chi connectivity index (χ1v) is 7.94. The predicted octanol–water partition coefficient (Wildman–Crippen LogP) is 1.81. The van der Waals surface area contributed by atoms with Crippen LogP contribution in [0.25, 0.3) is 11.5 Å². The van der Waals surface area contributed by atoms with Crippen molar-refractivity contribution in [1.82, 2.24) is 15.1 Å². The van der Waals surface area contributed by atoms with Crippen LogP contribution in [-0.2, 0) is 16.0 Å². The molecule has 1 saturated carbocycles. The zero-order valence-corrected chi connectivity index (χ0v) is 12.6.